The molecule has 5 heteroatoms. The van der Waals surface area contributed by atoms with Gasteiger partial charge < -0.3 is 10.1 Å². The zero-order chi connectivity index (χ0) is 15.7. The molecule has 3 nitrogen and oxygen atoms in total. The maximum Gasteiger partial charge on any atom is 0.216 e. The highest BCUT2D eigenvalue weighted by Crippen LogP contribution is 2.36. The van der Waals surface area contributed by atoms with E-state index in [1.807, 2.05) is 6.07 Å². The smallest absolute Gasteiger partial charge is 0.216 e. The van der Waals surface area contributed by atoms with Gasteiger partial charge in [-0.15, -0.1) is 0 Å². The lowest BCUT2D eigenvalue weighted by molar-refractivity contribution is -0.118. The van der Waals surface area contributed by atoms with E-state index >= 15 is 0 Å². The zero-order valence-corrected chi connectivity index (χ0v) is 13.0. The number of halogens is 2. The average molecular weight is 322 g/mol. The van der Waals surface area contributed by atoms with E-state index in [-0.39, 0.29) is 17.8 Å². The minimum absolute atomic E-state index is 0.0958. The molecule has 0 spiro atoms. The van der Waals surface area contributed by atoms with Gasteiger partial charge in [-0.25, -0.2) is 4.39 Å². The van der Waals surface area contributed by atoms with E-state index in [0.717, 1.165) is 29.2 Å². The van der Waals surface area contributed by atoms with Gasteiger partial charge in [-0.1, -0.05) is 11.6 Å². The van der Waals surface area contributed by atoms with Crippen LogP contribution < -0.4 is 10.1 Å². The third-order valence-electron chi connectivity index (χ3n) is 3.64. The molecule has 2 aromatic carbocycles. The Kier molecular flexibility index (Phi) is 4.21. The van der Waals surface area contributed by atoms with E-state index < -0.39 is 0 Å². The number of amides is 1. The minimum Gasteiger partial charge on any atom is -0.489 e. The van der Waals surface area contributed by atoms with E-state index in [1.54, 1.807) is 6.07 Å². The lowest BCUT2D eigenvalue weighted by Crippen LogP contribution is -2.22. The molecule has 2 aromatic rings. The van der Waals surface area contributed by atoms with Crippen LogP contribution in [0.5, 0.6) is 5.75 Å². The zero-order valence-electron chi connectivity index (χ0n) is 12.3. The number of nitrogens with one attached hydrogen (secondary N) is 1. The van der Waals surface area contributed by atoms with Gasteiger partial charge in [0.2, 0.25) is 5.91 Å². The van der Waals surface area contributed by atoms with E-state index in [0.29, 0.717) is 23.7 Å². The van der Waals surface area contributed by atoms with Crippen LogP contribution in [0.3, 0.4) is 0 Å². The fourth-order valence-corrected chi connectivity index (χ4v) is 2.65. The molecule has 0 aromatic heterocycles. The second-order valence-electron chi connectivity index (χ2n) is 5.62. The quantitative estimate of drug-likeness (QED) is 0.908. The second kappa shape index (κ2) is 6.13. The van der Waals surface area contributed by atoms with E-state index in [9.17, 15) is 9.18 Å². The molecule has 0 unspecified atom stereocenters. The van der Waals surface area contributed by atoms with E-state index in [4.69, 9.17) is 16.3 Å². The van der Waals surface area contributed by atoms with Crippen molar-refractivity contribution in [3.8, 4) is 5.75 Å². The van der Waals surface area contributed by atoms with Crippen LogP contribution in [0.15, 0.2) is 24.3 Å². The SMILES string of the molecule is CC(=O)NCCc1cc(F)cc2cc(Cl)c(OC3CC3)cc12. The summed E-state index contributed by atoms with van der Waals surface area (Å²) < 4.78 is 19.6. The molecule has 1 amide bonds. The average Bonchev–Trinajstić information content (AvgIpc) is 3.23. The van der Waals surface area contributed by atoms with Gasteiger partial charge in [0.05, 0.1) is 11.1 Å². The van der Waals surface area contributed by atoms with Gasteiger partial charge in [0.15, 0.2) is 0 Å². The molecule has 1 aliphatic rings. The Bertz CT molecular complexity index is 728. The first kappa shape index (κ1) is 15.1. The van der Waals surface area contributed by atoms with Crippen LogP contribution in [0.2, 0.25) is 5.02 Å². The lowest BCUT2D eigenvalue weighted by Gasteiger charge is -2.12. The van der Waals surface area contributed by atoms with Gasteiger partial charge in [0, 0.05) is 13.5 Å². The van der Waals surface area contributed by atoms with E-state index in [2.05, 4.69) is 5.32 Å². The number of ether oxygens (including phenoxy) is 1. The number of hydrogen-bond acceptors (Lipinski definition) is 2. The van der Waals surface area contributed by atoms with Crippen LogP contribution in [0.4, 0.5) is 4.39 Å². The van der Waals surface area contributed by atoms with Gasteiger partial charge in [0.25, 0.3) is 0 Å². The third kappa shape index (κ3) is 3.50. The first-order chi connectivity index (χ1) is 10.5. The first-order valence-corrected chi connectivity index (χ1v) is 7.73. The summed E-state index contributed by atoms with van der Waals surface area (Å²) in [5.41, 5.74) is 0.834. The number of carbonyl (C=O) groups is 1. The summed E-state index contributed by atoms with van der Waals surface area (Å²) in [6.45, 7) is 1.93. The number of benzene rings is 2. The summed E-state index contributed by atoms with van der Waals surface area (Å²) in [5.74, 6) is 0.239. The fourth-order valence-electron chi connectivity index (χ4n) is 2.44. The molecule has 0 aliphatic heterocycles. The van der Waals surface area contributed by atoms with Crippen LogP contribution >= 0.6 is 11.6 Å². The molecule has 1 saturated carbocycles. The van der Waals surface area contributed by atoms with Gasteiger partial charge in [-0.2, -0.15) is 0 Å². The summed E-state index contributed by atoms with van der Waals surface area (Å²) in [4.78, 5) is 11.0. The Morgan fingerprint density at radius 2 is 2.14 bits per heavy atom. The minimum atomic E-state index is -0.308. The summed E-state index contributed by atoms with van der Waals surface area (Å²) >= 11 is 6.22. The Hall–Kier alpha value is -1.81. The summed E-state index contributed by atoms with van der Waals surface area (Å²) in [5, 5.41) is 4.88. The van der Waals surface area contributed by atoms with Crippen molar-refractivity contribution in [2.75, 3.05) is 6.54 Å². The number of carbonyl (C=O) groups excluding carboxylic acids is 1. The molecule has 0 radical (unpaired) electrons. The molecule has 22 heavy (non-hydrogen) atoms. The summed E-state index contributed by atoms with van der Waals surface area (Å²) in [6.07, 6.45) is 2.90. The Labute approximate surface area is 133 Å². The maximum atomic E-state index is 13.8. The predicted molar refractivity (Wildman–Crippen MR) is 85.0 cm³/mol. The fraction of sp³-hybridized carbons (Fsp3) is 0.353. The second-order valence-corrected chi connectivity index (χ2v) is 6.03. The van der Waals surface area contributed by atoms with Gasteiger partial charge in [-0.3, -0.25) is 4.79 Å². The molecule has 1 aliphatic carbocycles. The van der Waals surface area contributed by atoms with Crippen LogP contribution in [0.1, 0.15) is 25.3 Å². The van der Waals surface area contributed by atoms with Gasteiger partial charge in [0.1, 0.15) is 11.6 Å². The van der Waals surface area contributed by atoms with Crippen LogP contribution in [0.25, 0.3) is 10.8 Å². The highest BCUT2D eigenvalue weighted by Gasteiger charge is 2.24. The van der Waals surface area contributed by atoms with Crippen LogP contribution in [-0.2, 0) is 11.2 Å². The van der Waals surface area contributed by atoms with Crippen molar-refractivity contribution < 1.29 is 13.9 Å². The molecular formula is C17H17ClFNO2. The molecular weight excluding hydrogens is 305 g/mol. The van der Waals surface area contributed by atoms with Crippen LogP contribution in [-0.4, -0.2) is 18.6 Å². The van der Waals surface area contributed by atoms with Crippen molar-refractivity contribution >= 4 is 28.3 Å². The molecule has 0 atom stereocenters. The molecule has 0 heterocycles. The summed E-state index contributed by atoms with van der Waals surface area (Å²) in [6, 6.07) is 6.57. The first-order valence-electron chi connectivity index (χ1n) is 7.35. The third-order valence-corrected chi connectivity index (χ3v) is 3.94. The van der Waals surface area contributed by atoms with Crippen molar-refractivity contribution in [2.24, 2.45) is 0 Å². The van der Waals surface area contributed by atoms with Crippen molar-refractivity contribution in [3.05, 3.63) is 40.7 Å². The van der Waals surface area contributed by atoms with Gasteiger partial charge >= 0.3 is 0 Å². The Balaban J connectivity index is 1.95. The highest BCUT2D eigenvalue weighted by molar-refractivity contribution is 6.32. The van der Waals surface area contributed by atoms with Crippen molar-refractivity contribution in [2.45, 2.75) is 32.3 Å². The van der Waals surface area contributed by atoms with Crippen LogP contribution in [0, 0.1) is 5.82 Å². The Morgan fingerprint density at radius 1 is 1.36 bits per heavy atom. The molecule has 116 valence electrons. The predicted octanol–water partition coefficient (Wildman–Crippen LogP) is 3.85. The molecule has 3 rings (SSSR count). The number of hydrogen-bond donors (Lipinski definition) is 1. The molecule has 0 saturated heterocycles. The normalized spacial score (nSPS) is 14.1. The summed E-state index contributed by atoms with van der Waals surface area (Å²) in [7, 11) is 0. The van der Waals surface area contributed by atoms with Crippen molar-refractivity contribution in [1.29, 1.82) is 0 Å². The monoisotopic (exact) mass is 321 g/mol. The lowest BCUT2D eigenvalue weighted by atomic mass is 10.0. The van der Waals surface area contributed by atoms with Crippen molar-refractivity contribution in [3.63, 3.8) is 0 Å². The molecule has 0 bridgehead atoms. The van der Waals surface area contributed by atoms with Gasteiger partial charge in [-0.05, 0) is 59.9 Å². The maximum absolute atomic E-state index is 13.8. The van der Waals surface area contributed by atoms with E-state index in [1.165, 1.54) is 19.1 Å². The number of fused-ring (bicyclic) bond motifs is 1. The highest BCUT2D eigenvalue weighted by atomic mass is 35.5. The largest absolute Gasteiger partial charge is 0.489 e. The Morgan fingerprint density at radius 3 is 2.82 bits per heavy atom. The number of rotatable bonds is 5. The van der Waals surface area contributed by atoms with Crippen molar-refractivity contribution in [1.82, 2.24) is 5.32 Å². The molecule has 1 N–H and O–H groups in total. The molecule has 1 fully saturated rings. The standard InChI is InChI=1S/C17H17ClFNO2/c1-10(21)20-5-4-11-6-13(19)7-12-8-16(18)17(9-15(11)12)22-14-2-3-14/h6-9,14H,2-5H2,1H3,(H,20,21). The topological polar surface area (TPSA) is 38.3 Å².